The van der Waals surface area contributed by atoms with Gasteiger partial charge >= 0.3 is 0 Å². The fourth-order valence-electron chi connectivity index (χ4n) is 6.52. The summed E-state index contributed by atoms with van der Waals surface area (Å²) in [6.07, 6.45) is 7.71. The van der Waals surface area contributed by atoms with Crippen molar-refractivity contribution in [1.82, 2.24) is 0 Å². The lowest BCUT2D eigenvalue weighted by Crippen LogP contribution is -2.43. The van der Waals surface area contributed by atoms with Crippen molar-refractivity contribution in [2.45, 2.75) is 51.6 Å². The van der Waals surface area contributed by atoms with Gasteiger partial charge in [-0.1, -0.05) is 0 Å². The molecular formula is C16H26O. The van der Waals surface area contributed by atoms with Crippen molar-refractivity contribution in [3.63, 3.8) is 0 Å². The molecule has 0 aliphatic heterocycles. The first-order chi connectivity index (χ1) is 8.12. The average molecular weight is 234 g/mol. The summed E-state index contributed by atoms with van der Waals surface area (Å²) in [6, 6.07) is 0. The van der Waals surface area contributed by atoms with Crippen LogP contribution >= 0.6 is 0 Å². The first kappa shape index (κ1) is 10.8. The molecule has 17 heavy (non-hydrogen) atoms. The molecule has 0 aromatic carbocycles. The summed E-state index contributed by atoms with van der Waals surface area (Å²) in [5, 5.41) is 0. The Bertz CT molecular complexity index is 332. The van der Waals surface area contributed by atoms with E-state index in [1.807, 2.05) is 7.11 Å². The van der Waals surface area contributed by atoms with Gasteiger partial charge in [0.05, 0.1) is 5.60 Å². The normalized spacial score (nSPS) is 55.6. The summed E-state index contributed by atoms with van der Waals surface area (Å²) in [6.45, 7) is 4.64. The third-order valence-corrected chi connectivity index (χ3v) is 7.15. The van der Waals surface area contributed by atoms with E-state index in [0.29, 0.717) is 0 Å². The zero-order valence-electron chi connectivity index (χ0n) is 11.5. The van der Waals surface area contributed by atoms with Crippen molar-refractivity contribution >= 4 is 0 Å². The molecule has 4 aliphatic rings. The van der Waals surface area contributed by atoms with Gasteiger partial charge in [-0.25, -0.2) is 0 Å². The van der Waals surface area contributed by atoms with Crippen LogP contribution in [0.2, 0.25) is 0 Å². The smallest absolute Gasteiger partial charge is 0.0653 e. The Hall–Kier alpha value is -0.0400. The van der Waals surface area contributed by atoms with Crippen LogP contribution in [0.15, 0.2) is 0 Å². The number of ether oxygens (including phenoxy) is 1. The molecule has 7 atom stereocenters. The quantitative estimate of drug-likeness (QED) is 0.662. The summed E-state index contributed by atoms with van der Waals surface area (Å²) >= 11 is 0. The van der Waals surface area contributed by atoms with Crippen LogP contribution in [0.25, 0.3) is 0 Å². The molecule has 4 saturated carbocycles. The Morgan fingerprint density at radius 3 is 2.29 bits per heavy atom. The molecule has 0 heterocycles. The maximum atomic E-state index is 5.80. The topological polar surface area (TPSA) is 9.23 Å². The molecular weight excluding hydrogens is 208 g/mol. The Kier molecular flexibility index (Phi) is 2.10. The highest BCUT2D eigenvalue weighted by Crippen LogP contribution is 2.70. The number of methoxy groups -OCH3 is 1. The Morgan fingerprint density at radius 2 is 1.59 bits per heavy atom. The van der Waals surface area contributed by atoms with E-state index in [4.69, 9.17) is 4.74 Å². The zero-order valence-corrected chi connectivity index (χ0v) is 11.5. The van der Waals surface area contributed by atoms with E-state index in [1.54, 1.807) is 25.7 Å². The fourth-order valence-corrected chi connectivity index (χ4v) is 6.52. The molecule has 1 nitrogen and oxygen atoms in total. The van der Waals surface area contributed by atoms with Crippen LogP contribution in [-0.2, 0) is 4.74 Å². The average Bonchev–Trinajstić information content (AvgIpc) is 3.05. The SMILES string of the molecule is COC(C)(C)C1CC2CC1C1C3CCC(C3)C21. The Labute approximate surface area is 105 Å². The number of hydrogen-bond donors (Lipinski definition) is 0. The van der Waals surface area contributed by atoms with Crippen LogP contribution in [0.5, 0.6) is 0 Å². The summed E-state index contributed by atoms with van der Waals surface area (Å²) in [5.74, 6) is 7.41. The molecule has 96 valence electrons. The second kappa shape index (κ2) is 3.29. The van der Waals surface area contributed by atoms with Crippen LogP contribution in [0.4, 0.5) is 0 Å². The van der Waals surface area contributed by atoms with Crippen LogP contribution in [0.1, 0.15) is 46.0 Å². The van der Waals surface area contributed by atoms with Crippen molar-refractivity contribution in [1.29, 1.82) is 0 Å². The zero-order chi connectivity index (χ0) is 11.8. The molecule has 4 bridgehead atoms. The van der Waals surface area contributed by atoms with E-state index in [0.717, 1.165) is 41.4 Å². The Balaban J connectivity index is 1.63. The number of hydrogen-bond acceptors (Lipinski definition) is 1. The molecule has 0 aromatic rings. The van der Waals surface area contributed by atoms with Crippen LogP contribution in [0.3, 0.4) is 0 Å². The fraction of sp³-hybridized carbons (Fsp3) is 1.00. The maximum Gasteiger partial charge on any atom is 0.0653 e. The lowest BCUT2D eigenvalue weighted by Gasteiger charge is -2.44. The molecule has 4 rings (SSSR count). The maximum absolute atomic E-state index is 5.80. The summed E-state index contributed by atoms with van der Waals surface area (Å²) < 4.78 is 5.80. The van der Waals surface area contributed by atoms with E-state index in [-0.39, 0.29) is 5.60 Å². The standard InChI is InChI=1S/C16H26O/c1-16(2,17-3)13-8-11-7-12(13)15-10-5-4-9(6-10)14(11)15/h9-15H,4-8H2,1-3H3. The third kappa shape index (κ3) is 1.25. The summed E-state index contributed by atoms with van der Waals surface area (Å²) in [5.41, 5.74) is 0.117. The van der Waals surface area contributed by atoms with Crippen molar-refractivity contribution in [3.8, 4) is 0 Å². The van der Waals surface area contributed by atoms with Gasteiger partial charge in [0.15, 0.2) is 0 Å². The molecule has 0 spiro atoms. The molecule has 4 aliphatic carbocycles. The third-order valence-electron chi connectivity index (χ3n) is 7.15. The minimum Gasteiger partial charge on any atom is -0.379 e. The van der Waals surface area contributed by atoms with E-state index >= 15 is 0 Å². The van der Waals surface area contributed by atoms with E-state index < -0.39 is 0 Å². The van der Waals surface area contributed by atoms with Gasteiger partial charge in [-0.15, -0.1) is 0 Å². The molecule has 0 saturated heterocycles. The Morgan fingerprint density at radius 1 is 0.882 bits per heavy atom. The molecule has 7 unspecified atom stereocenters. The highest BCUT2D eigenvalue weighted by Gasteiger charge is 2.64. The van der Waals surface area contributed by atoms with Crippen molar-refractivity contribution < 1.29 is 4.74 Å². The minimum atomic E-state index is 0.117. The van der Waals surface area contributed by atoms with Crippen molar-refractivity contribution in [2.24, 2.45) is 41.4 Å². The first-order valence-electron chi connectivity index (χ1n) is 7.67. The van der Waals surface area contributed by atoms with Gasteiger partial charge in [0, 0.05) is 7.11 Å². The van der Waals surface area contributed by atoms with Gasteiger partial charge in [0.2, 0.25) is 0 Å². The highest BCUT2D eigenvalue weighted by molar-refractivity contribution is 5.12. The van der Waals surface area contributed by atoms with Crippen molar-refractivity contribution in [3.05, 3.63) is 0 Å². The summed E-state index contributed by atoms with van der Waals surface area (Å²) in [7, 11) is 1.91. The predicted molar refractivity (Wildman–Crippen MR) is 68.6 cm³/mol. The monoisotopic (exact) mass is 234 g/mol. The van der Waals surface area contributed by atoms with E-state index in [2.05, 4.69) is 13.8 Å². The van der Waals surface area contributed by atoms with Crippen molar-refractivity contribution in [2.75, 3.05) is 7.11 Å². The highest BCUT2D eigenvalue weighted by atomic mass is 16.5. The molecule has 4 fully saturated rings. The minimum absolute atomic E-state index is 0.117. The second-order valence-electron chi connectivity index (χ2n) is 7.80. The summed E-state index contributed by atoms with van der Waals surface area (Å²) in [4.78, 5) is 0. The molecule has 0 N–H and O–H groups in total. The lowest BCUT2D eigenvalue weighted by atomic mass is 9.64. The second-order valence-corrected chi connectivity index (χ2v) is 7.80. The predicted octanol–water partition coefficient (Wildman–Crippen LogP) is 3.73. The largest absolute Gasteiger partial charge is 0.379 e. The van der Waals surface area contributed by atoms with Gasteiger partial charge in [-0.3, -0.25) is 0 Å². The van der Waals surface area contributed by atoms with Gasteiger partial charge in [-0.2, -0.15) is 0 Å². The van der Waals surface area contributed by atoms with Gasteiger partial charge in [0.25, 0.3) is 0 Å². The first-order valence-corrected chi connectivity index (χ1v) is 7.67. The van der Waals surface area contributed by atoms with Gasteiger partial charge in [-0.05, 0) is 87.4 Å². The van der Waals surface area contributed by atoms with Gasteiger partial charge < -0.3 is 4.74 Å². The number of fused-ring (bicyclic) bond motifs is 9. The lowest BCUT2D eigenvalue weighted by molar-refractivity contribution is -0.0690. The number of rotatable bonds is 2. The van der Waals surface area contributed by atoms with Crippen LogP contribution in [0, 0.1) is 41.4 Å². The molecule has 1 heteroatoms. The van der Waals surface area contributed by atoms with E-state index in [9.17, 15) is 0 Å². The van der Waals surface area contributed by atoms with Crippen LogP contribution < -0.4 is 0 Å². The van der Waals surface area contributed by atoms with Gasteiger partial charge in [0.1, 0.15) is 0 Å². The van der Waals surface area contributed by atoms with E-state index in [1.165, 1.54) is 6.42 Å². The molecule has 0 aromatic heterocycles. The molecule has 0 radical (unpaired) electrons. The van der Waals surface area contributed by atoms with Crippen LogP contribution in [-0.4, -0.2) is 12.7 Å². The molecule has 0 amide bonds.